The fourth-order valence-corrected chi connectivity index (χ4v) is 2.59. The van der Waals surface area contributed by atoms with Gasteiger partial charge in [-0.25, -0.2) is 17.6 Å². The lowest BCUT2D eigenvalue weighted by Gasteiger charge is -2.07. The van der Waals surface area contributed by atoms with Gasteiger partial charge < -0.3 is 5.32 Å². The Morgan fingerprint density at radius 1 is 1.04 bits per heavy atom. The SMILES string of the molecule is O=C(NCCSc1ccc(Cl)cc1)c1cc(F)c(F)c(F)c1F. The van der Waals surface area contributed by atoms with E-state index in [2.05, 4.69) is 5.32 Å². The Morgan fingerprint density at radius 2 is 1.70 bits per heavy atom. The Morgan fingerprint density at radius 3 is 2.35 bits per heavy atom. The molecule has 2 nitrogen and oxygen atoms in total. The summed E-state index contributed by atoms with van der Waals surface area (Å²) in [7, 11) is 0. The lowest BCUT2D eigenvalue weighted by molar-refractivity contribution is 0.0950. The highest BCUT2D eigenvalue weighted by Crippen LogP contribution is 2.20. The van der Waals surface area contributed by atoms with Gasteiger partial charge >= 0.3 is 0 Å². The predicted molar refractivity (Wildman–Crippen MR) is 80.8 cm³/mol. The lowest BCUT2D eigenvalue weighted by atomic mass is 10.1. The minimum Gasteiger partial charge on any atom is -0.351 e. The van der Waals surface area contributed by atoms with E-state index in [9.17, 15) is 22.4 Å². The molecule has 0 saturated heterocycles. The van der Waals surface area contributed by atoms with Crippen LogP contribution in [0.3, 0.4) is 0 Å². The van der Waals surface area contributed by atoms with E-state index >= 15 is 0 Å². The molecule has 0 saturated carbocycles. The number of thioether (sulfide) groups is 1. The van der Waals surface area contributed by atoms with E-state index in [4.69, 9.17) is 11.6 Å². The molecule has 0 atom stereocenters. The highest BCUT2D eigenvalue weighted by Gasteiger charge is 2.22. The number of carbonyl (C=O) groups is 1. The van der Waals surface area contributed by atoms with Gasteiger partial charge in [0, 0.05) is 22.2 Å². The molecule has 8 heteroatoms. The summed E-state index contributed by atoms with van der Waals surface area (Å²) < 4.78 is 52.4. The average molecular weight is 364 g/mol. The molecule has 0 aliphatic heterocycles. The van der Waals surface area contributed by atoms with Crippen molar-refractivity contribution < 1.29 is 22.4 Å². The molecule has 0 spiro atoms. The number of benzene rings is 2. The van der Waals surface area contributed by atoms with Crippen molar-refractivity contribution in [2.24, 2.45) is 0 Å². The van der Waals surface area contributed by atoms with Crippen LogP contribution in [0.2, 0.25) is 5.02 Å². The topological polar surface area (TPSA) is 29.1 Å². The molecule has 0 bridgehead atoms. The average Bonchev–Trinajstić information content (AvgIpc) is 2.54. The van der Waals surface area contributed by atoms with Crippen LogP contribution in [-0.4, -0.2) is 18.2 Å². The third-order valence-corrected chi connectivity index (χ3v) is 4.08. The van der Waals surface area contributed by atoms with E-state index in [1.165, 1.54) is 11.8 Å². The van der Waals surface area contributed by atoms with Crippen molar-refractivity contribution in [2.45, 2.75) is 4.90 Å². The fraction of sp³-hybridized carbons (Fsp3) is 0.133. The molecule has 2 rings (SSSR count). The van der Waals surface area contributed by atoms with Gasteiger partial charge in [-0.3, -0.25) is 4.79 Å². The zero-order chi connectivity index (χ0) is 17.0. The summed E-state index contributed by atoms with van der Waals surface area (Å²) in [6.45, 7) is 0.131. The Balaban J connectivity index is 1.91. The Kier molecular flexibility index (Phi) is 5.90. The first-order chi connectivity index (χ1) is 10.9. The Bertz CT molecular complexity index is 724. The van der Waals surface area contributed by atoms with E-state index in [-0.39, 0.29) is 6.54 Å². The second-order valence-corrected chi connectivity index (χ2v) is 6.01. The van der Waals surface area contributed by atoms with Crippen molar-refractivity contribution in [1.29, 1.82) is 0 Å². The lowest BCUT2D eigenvalue weighted by Crippen LogP contribution is -2.27. The quantitative estimate of drug-likeness (QED) is 0.280. The van der Waals surface area contributed by atoms with Crippen LogP contribution >= 0.6 is 23.4 Å². The largest absolute Gasteiger partial charge is 0.351 e. The van der Waals surface area contributed by atoms with Crippen molar-refractivity contribution in [3.63, 3.8) is 0 Å². The van der Waals surface area contributed by atoms with Crippen molar-refractivity contribution in [3.05, 3.63) is 64.2 Å². The number of hydrogen-bond acceptors (Lipinski definition) is 2. The molecule has 0 aromatic heterocycles. The summed E-state index contributed by atoms with van der Waals surface area (Å²) in [5, 5.41) is 2.91. The summed E-state index contributed by atoms with van der Waals surface area (Å²) in [6.07, 6.45) is 0. The number of amides is 1. The maximum absolute atomic E-state index is 13.4. The molecular weight excluding hydrogens is 354 g/mol. The summed E-state index contributed by atoms with van der Waals surface area (Å²) in [5.41, 5.74) is -0.877. The molecule has 23 heavy (non-hydrogen) atoms. The molecule has 0 fully saturated rings. The normalized spacial score (nSPS) is 10.7. The van der Waals surface area contributed by atoms with Gasteiger partial charge in [-0.15, -0.1) is 11.8 Å². The zero-order valence-corrected chi connectivity index (χ0v) is 13.1. The standard InChI is InChI=1S/C15H10ClF4NOS/c16-8-1-3-9(4-2-8)23-6-5-21-15(22)10-7-11(17)13(19)14(20)12(10)18/h1-4,7H,5-6H2,(H,21,22). The van der Waals surface area contributed by atoms with Crippen molar-refractivity contribution in [2.75, 3.05) is 12.3 Å². The highest BCUT2D eigenvalue weighted by molar-refractivity contribution is 7.99. The summed E-state index contributed by atoms with van der Waals surface area (Å²) in [6, 6.07) is 7.33. The minimum absolute atomic E-state index is 0.131. The van der Waals surface area contributed by atoms with Crippen molar-refractivity contribution >= 4 is 29.3 Å². The maximum atomic E-state index is 13.4. The number of hydrogen-bond donors (Lipinski definition) is 1. The van der Waals surface area contributed by atoms with Crippen LogP contribution in [0.4, 0.5) is 17.6 Å². The van der Waals surface area contributed by atoms with Gasteiger partial charge in [0.25, 0.3) is 5.91 Å². The van der Waals surface area contributed by atoms with Gasteiger partial charge in [-0.05, 0) is 30.3 Å². The first-order valence-corrected chi connectivity index (χ1v) is 7.76. The molecule has 1 amide bonds. The summed E-state index contributed by atoms with van der Waals surface area (Å²) >= 11 is 7.15. The molecule has 0 aliphatic carbocycles. The second-order valence-electron chi connectivity index (χ2n) is 4.41. The van der Waals surface area contributed by atoms with Crippen molar-refractivity contribution in [1.82, 2.24) is 5.32 Å². The van der Waals surface area contributed by atoms with E-state index < -0.39 is 34.7 Å². The van der Waals surface area contributed by atoms with E-state index in [0.29, 0.717) is 16.8 Å². The van der Waals surface area contributed by atoms with Gasteiger partial charge in [0.1, 0.15) is 0 Å². The molecule has 0 aliphatic rings. The molecule has 0 heterocycles. The third kappa shape index (κ3) is 4.39. The molecule has 122 valence electrons. The van der Waals surface area contributed by atoms with E-state index in [1.54, 1.807) is 24.3 Å². The second kappa shape index (κ2) is 7.70. The molecule has 2 aromatic rings. The van der Waals surface area contributed by atoms with Crippen LogP contribution in [0.15, 0.2) is 35.2 Å². The predicted octanol–water partition coefficient (Wildman–Crippen LogP) is 4.42. The van der Waals surface area contributed by atoms with E-state index in [0.717, 1.165) is 4.90 Å². The van der Waals surface area contributed by atoms with E-state index in [1.807, 2.05) is 0 Å². The number of nitrogens with one attached hydrogen (secondary N) is 1. The molecule has 0 radical (unpaired) electrons. The minimum atomic E-state index is -2.01. The number of carbonyl (C=O) groups excluding carboxylic acids is 1. The smallest absolute Gasteiger partial charge is 0.254 e. The highest BCUT2D eigenvalue weighted by atomic mass is 35.5. The maximum Gasteiger partial charge on any atom is 0.254 e. The summed E-state index contributed by atoms with van der Waals surface area (Å²) in [4.78, 5) is 12.6. The molecule has 2 aromatic carbocycles. The number of halogens is 5. The van der Waals surface area contributed by atoms with Crippen LogP contribution in [0.5, 0.6) is 0 Å². The molecule has 0 unspecified atom stereocenters. The Hall–Kier alpha value is -1.73. The van der Waals surface area contributed by atoms with Crippen LogP contribution in [0.25, 0.3) is 0 Å². The monoisotopic (exact) mass is 363 g/mol. The number of rotatable bonds is 5. The van der Waals surface area contributed by atoms with Crippen molar-refractivity contribution in [3.8, 4) is 0 Å². The van der Waals surface area contributed by atoms with Gasteiger partial charge in [0.15, 0.2) is 23.3 Å². The van der Waals surface area contributed by atoms with Gasteiger partial charge in [0.05, 0.1) is 5.56 Å². The zero-order valence-electron chi connectivity index (χ0n) is 11.5. The molecular formula is C15H10ClF4NOS. The van der Waals surface area contributed by atoms with Crippen LogP contribution in [-0.2, 0) is 0 Å². The van der Waals surface area contributed by atoms with Gasteiger partial charge in [-0.2, -0.15) is 0 Å². The molecule has 1 N–H and O–H groups in total. The third-order valence-electron chi connectivity index (χ3n) is 2.82. The van der Waals surface area contributed by atoms with Crippen LogP contribution < -0.4 is 5.32 Å². The van der Waals surface area contributed by atoms with Gasteiger partial charge in [-0.1, -0.05) is 11.6 Å². The first kappa shape index (κ1) is 17.6. The van der Waals surface area contributed by atoms with Crippen LogP contribution in [0, 0.1) is 23.3 Å². The Labute approximate surface area is 138 Å². The van der Waals surface area contributed by atoms with Gasteiger partial charge in [0.2, 0.25) is 0 Å². The fourth-order valence-electron chi connectivity index (χ4n) is 1.70. The van der Waals surface area contributed by atoms with Crippen LogP contribution in [0.1, 0.15) is 10.4 Å². The first-order valence-electron chi connectivity index (χ1n) is 6.39. The summed E-state index contributed by atoms with van der Waals surface area (Å²) in [5.74, 6) is -7.86.